The summed E-state index contributed by atoms with van der Waals surface area (Å²) in [6.07, 6.45) is 4.69. The van der Waals surface area contributed by atoms with E-state index in [0.29, 0.717) is 0 Å². The van der Waals surface area contributed by atoms with Crippen LogP contribution in [-0.4, -0.2) is 14.5 Å². The van der Waals surface area contributed by atoms with Crippen LogP contribution in [0.1, 0.15) is 26.7 Å². The molecular weight excluding hydrogens is 112 g/mol. The molecule has 0 aromatic heterocycles. The lowest BCUT2D eigenvalue weighted by atomic mass is 10.4. The van der Waals surface area contributed by atoms with Crippen molar-refractivity contribution in [1.82, 2.24) is 0 Å². The van der Waals surface area contributed by atoms with Crippen LogP contribution in [0.2, 0.25) is 6.04 Å². The Morgan fingerprint density at radius 1 is 1.62 bits per heavy atom. The van der Waals surface area contributed by atoms with Crippen molar-refractivity contribution in [3.05, 3.63) is 6.08 Å². The molecule has 0 aliphatic heterocycles. The van der Waals surface area contributed by atoms with Gasteiger partial charge in [-0.2, -0.15) is 5.33 Å². The van der Waals surface area contributed by atoms with Crippen LogP contribution in [0.5, 0.6) is 0 Å². The normalized spacial score (nSPS) is 7.75. The number of hydrogen-bond acceptors (Lipinski definition) is 0. The average Bonchev–Trinajstić information content (AvgIpc) is 1.81. The second-order valence-electron chi connectivity index (χ2n) is 1.71. The van der Waals surface area contributed by atoms with Crippen LogP contribution in [0.25, 0.3) is 0 Å². The van der Waals surface area contributed by atoms with Crippen LogP contribution in [0.4, 0.5) is 0 Å². The quantitative estimate of drug-likeness (QED) is 0.399. The van der Waals surface area contributed by atoms with Gasteiger partial charge in [0.05, 0.1) is 9.13 Å². The van der Waals surface area contributed by atoms with Crippen molar-refractivity contribution in [2.24, 2.45) is 0 Å². The Morgan fingerprint density at radius 3 is 2.88 bits per heavy atom. The molecule has 0 aromatic carbocycles. The number of allylic oxidation sites excluding steroid dienone is 1. The predicted octanol–water partition coefficient (Wildman–Crippen LogP) is 1.89. The van der Waals surface area contributed by atoms with Gasteiger partial charge in [-0.1, -0.05) is 25.8 Å². The second-order valence-corrected chi connectivity index (χ2v) is 2.86. The molecule has 0 aliphatic rings. The Kier molecular flexibility index (Phi) is 6.75. The fourth-order valence-electron chi connectivity index (χ4n) is 0.439. The highest BCUT2D eigenvalue weighted by molar-refractivity contribution is 6.44. The first-order valence-corrected chi connectivity index (χ1v) is 4.38. The number of unbranched alkanes of at least 4 members (excludes halogenated alkanes) is 1. The maximum Gasteiger partial charge on any atom is 0.0831 e. The molecule has 0 nitrogen and oxygen atoms in total. The zero-order chi connectivity index (χ0) is 6.24. The summed E-state index contributed by atoms with van der Waals surface area (Å²) in [5, 5.41) is 3.19. The molecule has 0 spiro atoms. The molecule has 0 aliphatic carbocycles. The van der Waals surface area contributed by atoms with Crippen molar-refractivity contribution >= 4 is 14.5 Å². The zero-order valence-corrected chi connectivity index (χ0v) is 6.70. The first kappa shape index (κ1) is 7.87. The van der Waals surface area contributed by atoms with Gasteiger partial charge in [0.25, 0.3) is 0 Å². The summed E-state index contributed by atoms with van der Waals surface area (Å²) in [5.41, 5.74) is 0. The van der Waals surface area contributed by atoms with E-state index in [9.17, 15) is 0 Å². The fraction of sp³-hybridized carbons (Fsp3) is 0.714. The molecule has 1 radical (unpaired) electrons. The van der Waals surface area contributed by atoms with E-state index in [-0.39, 0.29) is 0 Å². The third kappa shape index (κ3) is 5.87. The highest BCUT2D eigenvalue weighted by atomic mass is 28.2. The smallest absolute Gasteiger partial charge is 0.0831 e. The van der Waals surface area contributed by atoms with Gasteiger partial charge in [0.1, 0.15) is 0 Å². The molecule has 0 atom stereocenters. The molecule has 0 bridgehead atoms. The third-order valence-corrected chi connectivity index (χ3v) is 2.00. The van der Waals surface area contributed by atoms with Crippen molar-refractivity contribution in [2.75, 3.05) is 0 Å². The summed E-state index contributed by atoms with van der Waals surface area (Å²) in [6.45, 7) is 4.25. The van der Waals surface area contributed by atoms with Gasteiger partial charge in [-0.15, -0.1) is 0 Å². The first-order valence-electron chi connectivity index (χ1n) is 3.18. The van der Waals surface area contributed by atoms with Gasteiger partial charge in [-0.3, -0.25) is 0 Å². The highest BCUT2D eigenvalue weighted by Crippen LogP contribution is 1.88. The maximum absolute atomic E-state index is 3.19. The maximum atomic E-state index is 3.19. The second kappa shape index (κ2) is 6.87. The molecular formula is C7H13Si. The first-order chi connectivity index (χ1) is 3.91. The lowest BCUT2D eigenvalue weighted by molar-refractivity contribution is 0.883. The topological polar surface area (TPSA) is 0 Å². The van der Waals surface area contributed by atoms with E-state index in [2.05, 4.69) is 12.3 Å². The molecule has 0 saturated carbocycles. The number of hydrogen-bond donors (Lipinski definition) is 0. The van der Waals surface area contributed by atoms with Crippen molar-refractivity contribution in [3.8, 4) is 0 Å². The summed E-state index contributed by atoms with van der Waals surface area (Å²) in [7, 11) is 0.934. The highest BCUT2D eigenvalue weighted by Gasteiger charge is 1.74. The molecule has 0 unspecified atom stereocenters. The van der Waals surface area contributed by atoms with Crippen molar-refractivity contribution in [1.29, 1.82) is 0 Å². The summed E-state index contributed by atoms with van der Waals surface area (Å²) in [4.78, 5) is 0. The zero-order valence-electron chi connectivity index (χ0n) is 5.70. The van der Waals surface area contributed by atoms with Gasteiger partial charge in [0.2, 0.25) is 0 Å². The summed E-state index contributed by atoms with van der Waals surface area (Å²) >= 11 is 0. The molecule has 0 aromatic rings. The Balaban J connectivity index is 3.04. The largest absolute Gasteiger partial charge is 0.160 e. The van der Waals surface area contributed by atoms with E-state index in [0.717, 1.165) is 9.13 Å². The van der Waals surface area contributed by atoms with Crippen LogP contribution in [0.3, 0.4) is 0 Å². The van der Waals surface area contributed by atoms with Gasteiger partial charge in [0.15, 0.2) is 0 Å². The lowest BCUT2D eigenvalue weighted by Gasteiger charge is -1.81. The number of rotatable bonds is 3. The Labute approximate surface area is 54.1 Å². The third-order valence-electron chi connectivity index (χ3n) is 0.902. The van der Waals surface area contributed by atoms with Crippen LogP contribution in [0, 0.1) is 0 Å². The monoisotopic (exact) mass is 125 g/mol. The predicted molar refractivity (Wildman–Crippen MR) is 40.7 cm³/mol. The molecule has 1 heteroatoms. The van der Waals surface area contributed by atoms with Crippen molar-refractivity contribution in [3.63, 3.8) is 0 Å². The molecule has 0 fully saturated rings. The summed E-state index contributed by atoms with van der Waals surface area (Å²) in [5.74, 6) is 0. The van der Waals surface area contributed by atoms with Crippen molar-refractivity contribution in [2.45, 2.75) is 32.7 Å². The molecule has 0 N–H and O–H groups in total. The van der Waals surface area contributed by atoms with E-state index in [1.165, 1.54) is 18.9 Å². The minimum absolute atomic E-state index is 0.934. The minimum atomic E-state index is 0.934. The van der Waals surface area contributed by atoms with Crippen LogP contribution in [-0.2, 0) is 0 Å². The van der Waals surface area contributed by atoms with Crippen molar-refractivity contribution < 1.29 is 0 Å². The van der Waals surface area contributed by atoms with Gasteiger partial charge < -0.3 is 0 Å². The summed E-state index contributed by atoms with van der Waals surface area (Å²) < 4.78 is 0. The SMILES string of the molecule is CC=C=[Si]CCCC. The molecule has 0 heterocycles. The molecule has 45 valence electrons. The molecule has 0 amide bonds. The van der Waals surface area contributed by atoms with E-state index in [1.807, 2.05) is 13.0 Å². The lowest BCUT2D eigenvalue weighted by Crippen LogP contribution is -1.75. The minimum Gasteiger partial charge on any atom is -0.160 e. The van der Waals surface area contributed by atoms with Gasteiger partial charge in [-0.25, -0.2) is 0 Å². The van der Waals surface area contributed by atoms with Crippen LogP contribution >= 0.6 is 0 Å². The summed E-state index contributed by atoms with van der Waals surface area (Å²) in [6, 6.07) is 1.33. The standard InChI is InChI=1S/C7H13Si/c1-3-5-7-8-6-4-2/h4H,3,5,7H2,1-2H3. The van der Waals surface area contributed by atoms with Crippen LogP contribution < -0.4 is 0 Å². The average molecular weight is 125 g/mol. The van der Waals surface area contributed by atoms with Gasteiger partial charge in [0, 0.05) is 0 Å². The van der Waals surface area contributed by atoms with Gasteiger partial charge in [-0.05, 0) is 13.0 Å². The van der Waals surface area contributed by atoms with E-state index < -0.39 is 0 Å². The Hall–Kier alpha value is -0.133. The Bertz CT molecular complexity index is 88.6. The van der Waals surface area contributed by atoms with Crippen LogP contribution in [0.15, 0.2) is 6.08 Å². The molecule has 0 rings (SSSR count). The molecule has 8 heavy (non-hydrogen) atoms. The van der Waals surface area contributed by atoms with E-state index >= 15 is 0 Å². The van der Waals surface area contributed by atoms with E-state index in [1.54, 1.807) is 0 Å². The molecule has 0 saturated heterocycles. The van der Waals surface area contributed by atoms with Gasteiger partial charge >= 0.3 is 0 Å². The van der Waals surface area contributed by atoms with E-state index in [4.69, 9.17) is 0 Å². The Morgan fingerprint density at radius 2 is 2.38 bits per heavy atom. The fourth-order valence-corrected chi connectivity index (χ4v) is 1.32.